The molecule has 0 aliphatic rings. The van der Waals surface area contributed by atoms with Gasteiger partial charge in [0.2, 0.25) is 0 Å². The molecule has 0 saturated heterocycles. The number of halogens is 1. The van der Waals surface area contributed by atoms with Gasteiger partial charge in [0.1, 0.15) is 5.75 Å². The van der Waals surface area contributed by atoms with E-state index in [0.717, 1.165) is 15.6 Å². The molecule has 0 radical (unpaired) electrons. The van der Waals surface area contributed by atoms with Gasteiger partial charge in [0.15, 0.2) is 6.61 Å². The van der Waals surface area contributed by atoms with Crippen molar-refractivity contribution in [3.63, 3.8) is 0 Å². The van der Waals surface area contributed by atoms with Gasteiger partial charge in [-0.3, -0.25) is 10.6 Å². The number of nitrogen functional groups attached to an aromatic ring is 1. The second kappa shape index (κ2) is 7.61. The van der Waals surface area contributed by atoms with Gasteiger partial charge in [-0.15, -0.1) is 0 Å². The molecule has 0 atom stereocenters. The van der Waals surface area contributed by atoms with Gasteiger partial charge in [-0.25, -0.2) is 4.79 Å². The lowest BCUT2D eigenvalue weighted by Crippen LogP contribution is -2.76. The summed E-state index contributed by atoms with van der Waals surface area (Å²) in [5.74, 6) is 0.282. The number of nitrogens with one attached hydrogen (secondary N) is 1. The molecule has 0 aliphatic heterocycles. The number of rotatable bonds is 5. The smallest absolute Gasteiger partial charge is 0.394 e. The Hall–Kier alpha value is -2.34. The Bertz CT molecular complexity index is 667. The number of carbonyl (C=O) groups is 1. The first-order valence-electron chi connectivity index (χ1n) is 6.58. The molecule has 22 heavy (non-hydrogen) atoms. The van der Waals surface area contributed by atoms with Gasteiger partial charge in [-0.2, -0.15) is 0 Å². The summed E-state index contributed by atoms with van der Waals surface area (Å²) in [5.41, 5.74) is 7.63. The third-order valence-electron chi connectivity index (χ3n) is 2.81. The Morgan fingerprint density at radius 2 is 1.77 bits per heavy atom. The van der Waals surface area contributed by atoms with Gasteiger partial charge >= 0.3 is 11.8 Å². The van der Waals surface area contributed by atoms with Crippen molar-refractivity contribution in [3.8, 4) is 5.75 Å². The van der Waals surface area contributed by atoms with Crippen LogP contribution in [0.25, 0.3) is 0 Å². The quantitative estimate of drug-likeness (QED) is 0.360. The molecule has 2 aromatic rings. The van der Waals surface area contributed by atoms with Crippen LogP contribution >= 0.6 is 15.9 Å². The summed E-state index contributed by atoms with van der Waals surface area (Å²) in [7, 11) is 0. The molecule has 2 rings (SSSR count). The number of benzene rings is 2. The summed E-state index contributed by atoms with van der Waals surface area (Å²) in [4.78, 5) is 16.4. The highest BCUT2D eigenvalue weighted by atomic mass is 79.9. The molecule has 3 N–H and O–H groups in total. The van der Waals surface area contributed by atoms with Gasteiger partial charge < -0.3 is 4.74 Å². The molecule has 0 aromatic heterocycles. The molecule has 0 amide bonds. The van der Waals surface area contributed by atoms with Gasteiger partial charge in [0, 0.05) is 4.47 Å². The van der Waals surface area contributed by atoms with Gasteiger partial charge in [0.25, 0.3) is 0 Å². The van der Waals surface area contributed by atoms with Gasteiger partial charge in [-0.05, 0) is 43.3 Å². The van der Waals surface area contributed by atoms with Crippen molar-refractivity contribution in [3.05, 3.63) is 64.1 Å². The number of carbonyl (C=O) groups excluding carboxylic acids is 1. The molecule has 6 heteroatoms. The van der Waals surface area contributed by atoms with Gasteiger partial charge in [-0.1, -0.05) is 38.8 Å². The van der Waals surface area contributed by atoms with E-state index in [9.17, 15) is 4.79 Å². The molecule has 5 nitrogen and oxygen atoms in total. The molecule has 114 valence electrons. The zero-order chi connectivity index (χ0) is 15.9. The molecule has 2 aromatic carbocycles. The van der Waals surface area contributed by atoms with E-state index in [0.29, 0.717) is 5.75 Å². The molecule has 0 heterocycles. The monoisotopic (exact) mass is 363 g/mol. The third-order valence-corrected chi connectivity index (χ3v) is 3.34. The lowest BCUT2D eigenvalue weighted by Gasteiger charge is -2.03. The molecule has 0 saturated carbocycles. The Kier molecular flexibility index (Phi) is 5.55. The van der Waals surface area contributed by atoms with Crippen LogP contribution in [0.1, 0.15) is 11.1 Å². The minimum absolute atomic E-state index is 0.205. The fraction of sp³-hybridized carbons (Fsp3) is 0.125. The predicted octanol–water partition coefficient (Wildman–Crippen LogP) is 1.08. The predicted molar refractivity (Wildman–Crippen MR) is 86.2 cm³/mol. The second-order valence-corrected chi connectivity index (χ2v) is 5.51. The lowest BCUT2D eigenvalue weighted by molar-refractivity contribution is -0.724. The fourth-order valence-corrected chi connectivity index (χ4v) is 1.87. The van der Waals surface area contributed by atoms with Crippen LogP contribution in [0.2, 0.25) is 0 Å². The average Bonchev–Trinajstić information content (AvgIpc) is 2.52. The SMILES string of the molecule is Cc1ccc(OCC(=O)O[NH+]=C(N)c2ccc(Br)cc2)cc1. The summed E-state index contributed by atoms with van der Waals surface area (Å²) >= 11 is 3.33. The standard InChI is InChI=1S/C16H15BrN2O3/c1-11-2-8-14(9-3-11)21-10-15(20)22-19-16(18)12-4-6-13(17)7-5-12/h2-9H,10H2,1H3,(H2,18,19)/p+1. The van der Waals surface area contributed by atoms with E-state index in [1.54, 1.807) is 24.3 Å². The van der Waals surface area contributed by atoms with E-state index in [2.05, 4.69) is 21.1 Å². The van der Waals surface area contributed by atoms with Crippen LogP contribution in [-0.2, 0) is 9.63 Å². The Morgan fingerprint density at radius 1 is 1.14 bits per heavy atom. The van der Waals surface area contributed by atoms with Crippen molar-refractivity contribution in [2.45, 2.75) is 6.92 Å². The first kappa shape index (κ1) is 16.0. The van der Waals surface area contributed by atoms with Crippen molar-refractivity contribution >= 4 is 27.7 Å². The second-order valence-electron chi connectivity index (χ2n) is 4.60. The maximum atomic E-state index is 11.6. The first-order chi connectivity index (χ1) is 10.5. The first-order valence-corrected chi connectivity index (χ1v) is 7.37. The summed E-state index contributed by atoms with van der Waals surface area (Å²) in [6, 6.07) is 14.7. The number of ether oxygens (including phenoxy) is 1. The number of amidine groups is 1. The van der Waals surface area contributed by atoms with Crippen molar-refractivity contribution in [2.24, 2.45) is 5.73 Å². The van der Waals surface area contributed by atoms with E-state index in [1.165, 1.54) is 0 Å². The largest absolute Gasteiger partial charge is 0.482 e. The van der Waals surface area contributed by atoms with E-state index < -0.39 is 5.97 Å². The topological polar surface area (TPSA) is 75.5 Å². The fourth-order valence-electron chi connectivity index (χ4n) is 1.61. The number of nitrogens with two attached hydrogens (primary N) is 1. The molecular weight excluding hydrogens is 348 g/mol. The maximum Gasteiger partial charge on any atom is 0.394 e. The van der Waals surface area contributed by atoms with Gasteiger partial charge in [0.05, 0.1) is 5.56 Å². The van der Waals surface area contributed by atoms with Crippen LogP contribution in [0.5, 0.6) is 5.75 Å². The number of hydrogen-bond donors (Lipinski definition) is 2. The number of aryl methyl sites for hydroxylation is 1. The molecule has 0 bridgehead atoms. The third kappa shape index (κ3) is 4.89. The van der Waals surface area contributed by atoms with E-state index >= 15 is 0 Å². The van der Waals surface area contributed by atoms with E-state index in [4.69, 9.17) is 15.3 Å². The molecular formula is C16H16BrN2O3+. The molecule has 0 aliphatic carbocycles. The highest BCUT2D eigenvalue weighted by molar-refractivity contribution is 9.10. The van der Waals surface area contributed by atoms with Crippen LogP contribution in [0, 0.1) is 6.92 Å². The van der Waals surface area contributed by atoms with E-state index in [-0.39, 0.29) is 12.4 Å². The molecule has 0 unspecified atom stereocenters. The zero-order valence-electron chi connectivity index (χ0n) is 12.0. The Labute approximate surface area is 136 Å². The van der Waals surface area contributed by atoms with Crippen LogP contribution < -0.4 is 15.6 Å². The van der Waals surface area contributed by atoms with Crippen molar-refractivity contribution in [2.75, 3.05) is 6.61 Å². The lowest BCUT2D eigenvalue weighted by atomic mass is 10.2. The Morgan fingerprint density at radius 3 is 2.41 bits per heavy atom. The minimum atomic E-state index is -0.569. The molecule has 0 spiro atoms. The van der Waals surface area contributed by atoms with Crippen LogP contribution in [0.15, 0.2) is 53.0 Å². The normalized spacial score (nSPS) is 11.1. The Balaban J connectivity index is 1.85. The summed E-state index contributed by atoms with van der Waals surface area (Å²) < 4.78 is 6.24. The van der Waals surface area contributed by atoms with E-state index in [1.807, 2.05) is 31.2 Å². The van der Waals surface area contributed by atoms with Crippen LogP contribution in [0.3, 0.4) is 0 Å². The molecule has 0 fully saturated rings. The highest BCUT2D eigenvalue weighted by Crippen LogP contribution is 2.11. The summed E-state index contributed by atoms with van der Waals surface area (Å²) in [6.45, 7) is 1.77. The maximum absolute atomic E-state index is 11.6. The van der Waals surface area contributed by atoms with Crippen molar-refractivity contribution in [1.29, 1.82) is 0 Å². The summed E-state index contributed by atoms with van der Waals surface area (Å²) in [5, 5.41) is 2.41. The van der Waals surface area contributed by atoms with Crippen molar-refractivity contribution in [1.82, 2.24) is 0 Å². The van der Waals surface area contributed by atoms with Crippen LogP contribution in [-0.4, -0.2) is 18.4 Å². The average molecular weight is 364 g/mol. The van der Waals surface area contributed by atoms with Crippen molar-refractivity contribution < 1.29 is 19.5 Å². The minimum Gasteiger partial charge on any atom is -0.482 e. The zero-order valence-corrected chi connectivity index (χ0v) is 13.6. The number of hydrogen-bond acceptors (Lipinski definition) is 3. The summed E-state index contributed by atoms with van der Waals surface area (Å²) in [6.07, 6.45) is 0. The van der Waals surface area contributed by atoms with Crippen LogP contribution in [0.4, 0.5) is 0 Å². The highest BCUT2D eigenvalue weighted by Gasteiger charge is 2.09.